The maximum Gasteiger partial charge on any atom is 0.433 e. The van der Waals surface area contributed by atoms with Crippen LogP contribution < -0.4 is 10.2 Å². The lowest BCUT2D eigenvalue weighted by atomic mass is 10.1. The van der Waals surface area contributed by atoms with Crippen molar-refractivity contribution in [2.24, 2.45) is 0 Å². The third kappa shape index (κ3) is 4.61. The second-order valence-corrected chi connectivity index (χ2v) is 6.77. The number of fused-ring (bicyclic) bond motifs is 1. The molecule has 1 aromatic carbocycles. The number of hydrogen-bond donors (Lipinski definition) is 1. The highest BCUT2D eigenvalue weighted by atomic mass is 19.4. The Morgan fingerprint density at radius 2 is 1.84 bits per heavy atom. The van der Waals surface area contributed by atoms with Gasteiger partial charge in [-0.05, 0) is 37.3 Å². The number of carbonyl (C=O) groups excluding carboxylic acids is 1. The molecule has 2 heterocycles. The highest BCUT2D eigenvalue weighted by molar-refractivity contribution is 5.97. The molecule has 3 rings (SSSR count). The van der Waals surface area contributed by atoms with Crippen molar-refractivity contribution in [3.05, 3.63) is 52.9 Å². The summed E-state index contributed by atoms with van der Waals surface area (Å²) in [5.74, 6) is -1.04. The Hall–Kier alpha value is -3.75. The van der Waals surface area contributed by atoms with Crippen molar-refractivity contribution in [3.8, 4) is 6.07 Å². The first-order valence-corrected chi connectivity index (χ1v) is 8.91. The molecule has 0 aliphatic heterocycles. The van der Waals surface area contributed by atoms with Crippen LogP contribution in [0.15, 0.2) is 34.7 Å². The number of pyridine rings is 1. The Balaban J connectivity index is 1.88. The minimum Gasteiger partial charge on any atom is -0.461 e. The fourth-order valence-electron chi connectivity index (χ4n) is 2.95. The van der Waals surface area contributed by atoms with E-state index in [9.17, 15) is 31.1 Å². The summed E-state index contributed by atoms with van der Waals surface area (Å²) in [5.41, 5.74) is -3.79. The van der Waals surface area contributed by atoms with Crippen molar-refractivity contribution in [2.45, 2.75) is 19.3 Å². The number of anilines is 2. The minimum absolute atomic E-state index is 0.236. The number of amides is 1. The quantitative estimate of drug-likeness (QED) is 0.551. The number of hydrogen-bond acceptors (Lipinski definition) is 5. The number of nitrogens with zero attached hydrogens (tertiary/aromatic N) is 3. The molecule has 0 radical (unpaired) electrons. The number of nitrogens with one attached hydrogen (secondary N) is 1. The zero-order valence-corrected chi connectivity index (χ0v) is 16.5. The number of furan rings is 1. The fraction of sp³-hybridized carbons (Fsp3) is 0.250. The Kier molecular flexibility index (Phi) is 5.78. The van der Waals surface area contributed by atoms with E-state index in [2.05, 4.69) is 10.3 Å². The van der Waals surface area contributed by atoms with Gasteiger partial charge >= 0.3 is 12.4 Å². The van der Waals surface area contributed by atoms with E-state index >= 15 is 0 Å². The molecule has 1 amide bonds. The molecule has 12 heteroatoms. The van der Waals surface area contributed by atoms with Gasteiger partial charge in [0.1, 0.15) is 34.5 Å². The molecular formula is C20H14F6N4O2. The Labute approximate surface area is 177 Å². The molecule has 0 unspecified atom stereocenters. The standard InChI is InChI=1S/C20H14F6N4O2/c1-10-5-11-6-12(3-4-15(11)32-10)30(2)17(31)9-28-18-13(8-27)14(19(21,22)23)7-16(29-18)20(24,25)26/h3-7H,9H2,1-2H3,(H,28,29). The van der Waals surface area contributed by atoms with Crippen LogP contribution in [-0.2, 0) is 17.1 Å². The minimum atomic E-state index is -5.23. The van der Waals surface area contributed by atoms with Crippen molar-refractivity contribution < 1.29 is 35.6 Å². The lowest BCUT2D eigenvalue weighted by Gasteiger charge is -2.19. The van der Waals surface area contributed by atoms with Crippen LogP contribution in [0.3, 0.4) is 0 Å². The molecule has 6 nitrogen and oxygen atoms in total. The number of likely N-dealkylation sites (N-methyl/N-ethyl adjacent to an activating group) is 1. The number of benzene rings is 1. The first-order chi connectivity index (χ1) is 14.8. The third-order valence-electron chi connectivity index (χ3n) is 4.52. The molecule has 2 aromatic heterocycles. The van der Waals surface area contributed by atoms with Crippen LogP contribution in [0, 0.1) is 18.3 Å². The average molecular weight is 456 g/mol. The van der Waals surface area contributed by atoms with Gasteiger partial charge in [0.05, 0.1) is 12.1 Å². The molecule has 168 valence electrons. The molecule has 0 aliphatic carbocycles. The summed E-state index contributed by atoms with van der Waals surface area (Å²) in [6.07, 6.45) is -10.4. The number of alkyl halides is 6. The van der Waals surface area contributed by atoms with Crippen LogP contribution in [0.1, 0.15) is 22.6 Å². The number of rotatable bonds is 4. The van der Waals surface area contributed by atoms with Gasteiger partial charge in [-0.15, -0.1) is 0 Å². The van der Waals surface area contributed by atoms with Crippen LogP contribution >= 0.6 is 0 Å². The maximum absolute atomic E-state index is 13.2. The van der Waals surface area contributed by atoms with Crippen LogP contribution in [0.5, 0.6) is 0 Å². The van der Waals surface area contributed by atoms with Gasteiger partial charge in [0.25, 0.3) is 0 Å². The van der Waals surface area contributed by atoms with Gasteiger partial charge in [0.2, 0.25) is 5.91 Å². The van der Waals surface area contributed by atoms with E-state index in [1.54, 1.807) is 31.2 Å². The van der Waals surface area contributed by atoms with E-state index < -0.39 is 47.4 Å². The SMILES string of the molecule is Cc1cc2cc(N(C)C(=O)CNc3nc(C(F)(F)F)cc(C(F)(F)F)c3C#N)ccc2o1. The number of halogens is 6. The summed E-state index contributed by atoms with van der Waals surface area (Å²) in [6.45, 7) is 1.03. The zero-order chi connectivity index (χ0) is 23.8. The van der Waals surface area contributed by atoms with E-state index in [0.29, 0.717) is 22.4 Å². The van der Waals surface area contributed by atoms with Gasteiger partial charge in [0.15, 0.2) is 0 Å². The van der Waals surface area contributed by atoms with Crippen molar-refractivity contribution >= 4 is 28.4 Å². The molecular weight excluding hydrogens is 442 g/mol. The van der Waals surface area contributed by atoms with Gasteiger partial charge in [-0.3, -0.25) is 4.79 Å². The van der Waals surface area contributed by atoms with E-state index in [0.717, 1.165) is 4.90 Å². The van der Waals surface area contributed by atoms with E-state index in [1.165, 1.54) is 13.1 Å². The number of carbonyl (C=O) groups is 1. The predicted molar refractivity (Wildman–Crippen MR) is 102 cm³/mol. The van der Waals surface area contributed by atoms with Crippen molar-refractivity contribution in [3.63, 3.8) is 0 Å². The van der Waals surface area contributed by atoms with Gasteiger partial charge in [0, 0.05) is 18.1 Å². The van der Waals surface area contributed by atoms with E-state index in [-0.39, 0.29) is 6.07 Å². The molecule has 32 heavy (non-hydrogen) atoms. The van der Waals surface area contributed by atoms with Gasteiger partial charge in [-0.2, -0.15) is 31.6 Å². The fourth-order valence-corrected chi connectivity index (χ4v) is 2.95. The number of aryl methyl sites for hydroxylation is 1. The lowest BCUT2D eigenvalue weighted by Crippen LogP contribution is -2.32. The lowest BCUT2D eigenvalue weighted by molar-refractivity contribution is -0.145. The first kappa shape index (κ1) is 22.9. The summed E-state index contributed by atoms with van der Waals surface area (Å²) in [5, 5.41) is 11.9. The highest BCUT2D eigenvalue weighted by Crippen LogP contribution is 2.38. The summed E-state index contributed by atoms with van der Waals surface area (Å²) < 4.78 is 84.1. The van der Waals surface area contributed by atoms with Crippen LogP contribution in [0.25, 0.3) is 11.0 Å². The third-order valence-corrected chi connectivity index (χ3v) is 4.52. The second-order valence-electron chi connectivity index (χ2n) is 6.77. The molecule has 0 spiro atoms. The summed E-state index contributed by atoms with van der Waals surface area (Å²) in [4.78, 5) is 16.8. The van der Waals surface area contributed by atoms with Crippen molar-refractivity contribution in [1.29, 1.82) is 5.26 Å². The molecule has 0 atom stereocenters. The van der Waals surface area contributed by atoms with Crippen LogP contribution in [0.2, 0.25) is 0 Å². The summed E-state index contributed by atoms with van der Waals surface area (Å²) in [7, 11) is 1.38. The number of nitriles is 1. The van der Waals surface area contributed by atoms with Crippen LogP contribution in [-0.4, -0.2) is 24.5 Å². The Morgan fingerprint density at radius 3 is 2.44 bits per heavy atom. The maximum atomic E-state index is 13.2. The topological polar surface area (TPSA) is 82.2 Å². The number of aromatic nitrogens is 1. The molecule has 0 saturated heterocycles. The second kappa shape index (κ2) is 8.07. The smallest absolute Gasteiger partial charge is 0.433 e. The molecule has 1 N–H and O–H groups in total. The molecule has 0 bridgehead atoms. The molecule has 0 fully saturated rings. The molecule has 0 aliphatic rings. The van der Waals surface area contributed by atoms with E-state index in [4.69, 9.17) is 9.68 Å². The zero-order valence-electron chi connectivity index (χ0n) is 16.5. The monoisotopic (exact) mass is 456 g/mol. The largest absolute Gasteiger partial charge is 0.461 e. The van der Waals surface area contributed by atoms with Crippen LogP contribution in [0.4, 0.5) is 37.8 Å². The highest BCUT2D eigenvalue weighted by Gasteiger charge is 2.41. The Bertz CT molecular complexity index is 1220. The summed E-state index contributed by atoms with van der Waals surface area (Å²) in [6, 6.07) is 7.52. The van der Waals surface area contributed by atoms with E-state index in [1.807, 2.05) is 0 Å². The van der Waals surface area contributed by atoms with Crippen molar-refractivity contribution in [1.82, 2.24) is 4.98 Å². The Morgan fingerprint density at radius 1 is 1.16 bits per heavy atom. The summed E-state index contributed by atoms with van der Waals surface area (Å²) >= 11 is 0. The van der Waals surface area contributed by atoms with Gasteiger partial charge in [-0.1, -0.05) is 0 Å². The van der Waals surface area contributed by atoms with Gasteiger partial charge in [-0.25, -0.2) is 4.98 Å². The predicted octanol–water partition coefficient (Wildman–Crippen LogP) is 5.12. The first-order valence-electron chi connectivity index (χ1n) is 8.91. The molecule has 0 saturated carbocycles. The van der Waals surface area contributed by atoms with Crippen molar-refractivity contribution in [2.75, 3.05) is 23.8 Å². The van der Waals surface area contributed by atoms with Gasteiger partial charge < -0.3 is 14.6 Å². The normalized spacial score (nSPS) is 12.0. The molecule has 3 aromatic rings. The average Bonchev–Trinajstić information content (AvgIpc) is 3.08.